The van der Waals surface area contributed by atoms with Gasteiger partial charge < -0.3 is 10.6 Å². The van der Waals surface area contributed by atoms with Crippen LogP contribution >= 0.6 is 0 Å². The summed E-state index contributed by atoms with van der Waals surface area (Å²) in [6.07, 6.45) is -2.91. The van der Waals surface area contributed by atoms with Crippen LogP contribution in [0.3, 0.4) is 0 Å². The maximum Gasteiger partial charge on any atom is 0.434 e. The first-order chi connectivity index (χ1) is 18.6. The molecule has 1 aromatic heterocycles. The van der Waals surface area contributed by atoms with Gasteiger partial charge in [0.25, 0.3) is 0 Å². The van der Waals surface area contributed by atoms with Crippen LogP contribution in [0, 0.1) is 5.92 Å². The number of carbonyl (C=O) groups excluding carboxylic acids is 1. The average molecular weight is 531 g/mol. The van der Waals surface area contributed by atoms with Crippen LogP contribution in [0.5, 0.6) is 0 Å². The number of imidazole rings is 1. The smallest absolute Gasteiger partial charge is 0.326 e. The molecule has 0 saturated heterocycles. The van der Waals surface area contributed by atoms with Gasteiger partial charge in [-0.2, -0.15) is 13.2 Å². The van der Waals surface area contributed by atoms with E-state index in [1.54, 1.807) is 30.3 Å². The number of anilines is 1. The van der Waals surface area contributed by atoms with Crippen LogP contribution in [0.1, 0.15) is 26.0 Å². The van der Waals surface area contributed by atoms with Crippen LogP contribution < -0.4 is 10.6 Å². The number of halogens is 3. The summed E-state index contributed by atoms with van der Waals surface area (Å²) in [5.74, 6) is -0.133. The summed E-state index contributed by atoms with van der Waals surface area (Å²) in [5, 5.41) is 10.1. The first-order valence-corrected chi connectivity index (χ1v) is 12.8. The second-order valence-corrected chi connectivity index (χ2v) is 9.90. The van der Waals surface area contributed by atoms with E-state index in [9.17, 15) is 18.0 Å². The van der Waals surface area contributed by atoms with Crippen LogP contribution in [-0.2, 0) is 11.0 Å². The van der Waals surface area contributed by atoms with Gasteiger partial charge >= 0.3 is 6.18 Å². The van der Waals surface area contributed by atoms with Gasteiger partial charge in [0.05, 0.1) is 0 Å². The average Bonchev–Trinajstić information content (AvgIpc) is 3.39. The standard InChI is InChI=1S/C31H29F3N4O/c1-19(16-20(2)35-3)30(39)36-24-11-13-25(14-12-24)38-18-28(31(32,33)34)37-29(38)23-10-15-27-22(17-23)9-8-21-6-4-5-7-26(21)27/h4-15,17-20,35H,16H2,1-3H3,(H,36,39). The monoisotopic (exact) mass is 530 g/mol. The first kappa shape index (κ1) is 26.4. The fourth-order valence-electron chi connectivity index (χ4n) is 4.80. The quantitative estimate of drug-likeness (QED) is 0.215. The maximum atomic E-state index is 13.7. The van der Waals surface area contributed by atoms with E-state index in [1.807, 2.05) is 69.4 Å². The summed E-state index contributed by atoms with van der Waals surface area (Å²) in [6, 6.07) is 24.5. The third kappa shape index (κ3) is 5.52. The predicted octanol–water partition coefficient (Wildman–Crippen LogP) is 7.44. The van der Waals surface area contributed by atoms with Crippen molar-refractivity contribution in [3.05, 3.63) is 90.8 Å². The SMILES string of the molecule is CNC(C)CC(C)C(=O)Nc1ccc(-n2cc(C(F)(F)F)nc2-c2ccc3c(ccc4ccccc43)c2)cc1. The largest absolute Gasteiger partial charge is 0.434 e. The van der Waals surface area contributed by atoms with Crippen LogP contribution in [0.2, 0.25) is 0 Å². The highest BCUT2D eigenvalue weighted by molar-refractivity contribution is 6.08. The van der Waals surface area contributed by atoms with Gasteiger partial charge in [0.15, 0.2) is 5.69 Å². The number of rotatable bonds is 7. The van der Waals surface area contributed by atoms with Gasteiger partial charge in [-0.1, -0.05) is 55.5 Å². The lowest BCUT2D eigenvalue weighted by atomic mass is 10.00. The summed E-state index contributed by atoms with van der Waals surface area (Å²) in [5.41, 5.74) is 0.670. The number of nitrogens with zero attached hydrogens (tertiary/aromatic N) is 2. The van der Waals surface area contributed by atoms with E-state index in [2.05, 4.69) is 15.6 Å². The molecule has 200 valence electrons. The number of alkyl halides is 3. The van der Waals surface area contributed by atoms with Crippen molar-refractivity contribution in [1.82, 2.24) is 14.9 Å². The maximum absolute atomic E-state index is 13.7. The molecule has 0 fully saturated rings. The molecule has 2 unspecified atom stereocenters. The second kappa shape index (κ2) is 10.5. The van der Waals surface area contributed by atoms with Crippen molar-refractivity contribution in [2.45, 2.75) is 32.5 Å². The molecule has 0 radical (unpaired) electrons. The van der Waals surface area contributed by atoms with Gasteiger partial charge in [-0.3, -0.25) is 9.36 Å². The Labute approximate surface area is 224 Å². The van der Waals surface area contributed by atoms with Crippen molar-refractivity contribution in [3.8, 4) is 17.1 Å². The Bertz CT molecular complexity index is 1640. The molecule has 0 aliphatic rings. The molecule has 2 atom stereocenters. The third-order valence-corrected chi connectivity index (χ3v) is 7.06. The second-order valence-electron chi connectivity index (χ2n) is 9.90. The molecule has 0 bridgehead atoms. The Hall–Kier alpha value is -4.17. The van der Waals surface area contributed by atoms with E-state index < -0.39 is 11.9 Å². The normalized spacial score (nSPS) is 13.5. The molecule has 1 heterocycles. The number of amides is 1. The van der Waals surface area contributed by atoms with E-state index in [1.165, 1.54) is 4.57 Å². The van der Waals surface area contributed by atoms with E-state index in [0.717, 1.165) is 27.7 Å². The summed E-state index contributed by atoms with van der Waals surface area (Å²) in [4.78, 5) is 16.6. The molecule has 0 saturated carbocycles. The van der Waals surface area contributed by atoms with Crippen molar-refractivity contribution in [2.24, 2.45) is 5.92 Å². The van der Waals surface area contributed by atoms with Crippen molar-refractivity contribution in [1.29, 1.82) is 0 Å². The number of aromatic nitrogens is 2. The molecular formula is C31H29F3N4O. The van der Waals surface area contributed by atoms with Crippen LogP contribution in [0.15, 0.2) is 85.1 Å². The van der Waals surface area contributed by atoms with Crippen LogP contribution in [0.25, 0.3) is 38.6 Å². The summed E-state index contributed by atoms with van der Waals surface area (Å²) in [7, 11) is 1.85. The zero-order chi connectivity index (χ0) is 27.7. The molecule has 5 nitrogen and oxygen atoms in total. The van der Waals surface area contributed by atoms with E-state index in [4.69, 9.17) is 0 Å². The van der Waals surface area contributed by atoms with Gasteiger partial charge in [-0.15, -0.1) is 0 Å². The Morgan fingerprint density at radius 2 is 1.62 bits per heavy atom. The topological polar surface area (TPSA) is 59.0 Å². The lowest BCUT2D eigenvalue weighted by Gasteiger charge is -2.17. The van der Waals surface area contributed by atoms with E-state index >= 15 is 0 Å². The van der Waals surface area contributed by atoms with Gasteiger partial charge in [0.2, 0.25) is 5.91 Å². The van der Waals surface area contributed by atoms with Crippen molar-refractivity contribution in [2.75, 3.05) is 12.4 Å². The van der Waals surface area contributed by atoms with Gasteiger partial charge in [0, 0.05) is 35.1 Å². The van der Waals surface area contributed by atoms with Gasteiger partial charge in [-0.05, 0) is 72.3 Å². The molecule has 39 heavy (non-hydrogen) atoms. The van der Waals surface area contributed by atoms with Gasteiger partial charge in [-0.25, -0.2) is 4.98 Å². The zero-order valence-corrected chi connectivity index (χ0v) is 21.9. The molecule has 5 aromatic rings. The fourth-order valence-corrected chi connectivity index (χ4v) is 4.80. The van der Waals surface area contributed by atoms with Gasteiger partial charge in [0.1, 0.15) is 5.82 Å². The fraction of sp³-hybridized carbons (Fsp3) is 0.226. The molecule has 2 N–H and O–H groups in total. The van der Waals surface area contributed by atoms with Crippen LogP contribution in [-0.4, -0.2) is 28.5 Å². The summed E-state index contributed by atoms with van der Waals surface area (Å²) in [6.45, 7) is 3.87. The Balaban J connectivity index is 1.49. The molecule has 4 aromatic carbocycles. The van der Waals surface area contributed by atoms with Crippen molar-refractivity contribution in [3.63, 3.8) is 0 Å². The minimum atomic E-state index is -4.60. The molecule has 1 amide bonds. The Morgan fingerprint density at radius 3 is 2.33 bits per heavy atom. The number of hydrogen-bond acceptors (Lipinski definition) is 3. The highest BCUT2D eigenvalue weighted by atomic mass is 19.4. The van der Waals surface area contributed by atoms with E-state index in [-0.39, 0.29) is 23.7 Å². The van der Waals surface area contributed by atoms with Crippen molar-refractivity contribution < 1.29 is 18.0 Å². The highest BCUT2D eigenvalue weighted by Crippen LogP contribution is 2.35. The molecule has 8 heteroatoms. The lowest BCUT2D eigenvalue weighted by Crippen LogP contribution is -2.29. The lowest BCUT2D eigenvalue weighted by molar-refractivity contribution is -0.140. The molecular weight excluding hydrogens is 501 g/mol. The Kier molecular flexibility index (Phi) is 7.14. The Morgan fingerprint density at radius 1 is 0.923 bits per heavy atom. The zero-order valence-electron chi connectivity index (χ0n) is 21.9. The molecule has 0 aliphatic carbocycles. The highest BCUT2D eigenvalue weighted by Gasteiger charge is 2.35. The van der Waals surface area contributed by atoms with Crippen molar-refractivity contribution >= 4 is 33.1 Å². The minimum Gasteiger partial charge on any atom is -0.326 e. The summed E-state index contributed by atoms with van der Waals surface area (Å²) >= 11 is 0. The number of fused-ring (bicyclic) bond motifs is 3. The predicted molar refractivity (Wildman–Crippen MR) is 150 cm³/mol. The number of nitrogens with one attached hydrogen (secondary N) is 2. The van der Waals surface area contributed by atoms with Crippen LogP contribution in [0.4, 0.5) is 18.9 Å². The molecule has 5 rings (SSSR count). The number of benzene rings is 4. The minimum absolute atomic E-state index is 0.115. The van der Waals surface area contributed by atoms with E-state index in [0.29, 0.717) is 23.4 Å². The number of carbonyl (C=O) groups is 1. The summed E-state index contributed by atoms with van der Waals surface area (Å²) < 4.78 is 42.6. The number of hydrogen-bond donors (Lipinski definition) is 2. The first-order valence-electron chi connectivity index (χ1n) is 12.8. The third-order valence-electron chi connectivity index (χ3n) is 7.06. The molecule has 0 aliphatic heterocycles. The molecule has 0 spiro atoms.